The molecule has 0 unspecified atom stereocenters. The fraction of sp³-hybridized carbons (Fsp3) is 0.333. The maximum Gasteiger partial charge on any atom is 0.358 e. The second-order valence-electron chi connectivity index (χ2n) is 3.88. The molecular formula is C12H14N4O2S. The second-order valence-corrected chi connectivity index (χ2v) is 5.29. The summed E-state index contributed by atoms with van der Waals surface area (Å²) < 4.78 is 4.55. The van der Waals surface area contributed by atoms with E-state index in [0.717, 1.165) is 10.7 Å². The van der Waals surface area contributed by atoms with Crippen molar-refractivity contribution in [1.82, 2.24) is 15.2 Å². The first-order valence-corrected chi connectivity index (χ1v) is 6.50. The first kappa shape index (κ1) is 13.4. The fourth-order valence-electron chi connectivity index (χ4n) is 1.55. The molecule has 0 spiro atoms. The molecule has 100 valence electrons. The predicted octanol–water partition coefficient (Wildman–Crippen LogP) is 1.95. The van der Waals surface area contributed by atoms with Crippen LogP contribution >= 0.6 is 11.3 Å². The van der Waals surface area contributed by atoms with Gasteiger partial charge in [0, 0.05) is 4.88 Å². The molecule has 0 saturated heterocycles. The van der Waals surface area contributed by atoms with E-state index in [2.05, 4.69) is 25.2 Å². The van der Waals surface area contributed by atoms with Crippen molar-refractivity contribution in [2.75, 3.05) is 12.4 Å². The fourth-order valence-corrected chi connectivity index (χ4v) is 2.38. The molecule has 0 radical (unpaired) electrons. The molecule has 2 heterocycles. The lowest BCUT2D eigenvalue weighted by Crippen LogP contribution is -2.08. The summed E-state index contributed by atoms with van der Waals surface area (Å²) in [7, 11) is 1.31. The third-order valence-electron chi connectivity index (χ3n) is 2.50. The summed E-state index contributed by atoms with van der Waals surface area (Å²) in [6.45, 7) is 4.60. The van der Waals surface area contributed by atoms with Crippen LogP contribution in [0, 0.1) is 13.8 Å². The summed E-state index contributed by atoms with van der Waals surface area (Å²) in [6.07, 6.45) is 0. The number of nitrogens with one attached hydrogen (secondary N) is 1. The number of methoxy groups -OCH3 is 1. The number of ether oxygens (including phenoxy) is 1. The topological polar surface area (TPSA) is 77.0 Å². The van der Waals surface area contributed by atoms with Gasteiger partial charge in [-0.15, -0.1) is 21.5 Å². The van der Waals surface area contributed by atoms with E-state index in [0.29, 0.717) is 12.4 Å². The van der Waals surface area contributed by atoms with Crippen LogP contribution in [0.25, 0.3) is 0 Å². The standard InChI is InChI=1S/C12H14N4O2S/c1-7-10(14-8(2)19-7)6-13-11-5-4-9(15-16-11)12(17)18-3/h4-5H,6H2,1-3H3,(H,13,16). The minimum absolute atomic E-state index is 0.189. The summed E-state index contributed by atoms with van der Waals surface area (Å²) in [5, 5.41) is 11.9. The van der Waals surface area contributed by atoms with Gasteiger partial charge >= 0.3 is 5.97 Å². The number of thiazole rings is 1. The molecule has 19 heavy (non-hydrogen) atoms. The monoisotopic (exact) mass is 278 g/mol. The zero-order valence-electron chi connectivity index (χ0n) is 10.9. The van der Waals surface area contributed by atoms with Crippen LogP contribution in [0.3, 0.4) is 0 Å². The summed E-state index contributed by atoms with van der Waals surface area (Å²) in [6, 6.07) is 3.26. The zero-order chi connectivity index (χ0) is 13.8. The molecule has 0 aliphatic heterocycles. The minimum Gasteiger partial charge on any atom is -0.464 e. The minimum atomic E-state index is -0.495. The van der Waals surface area contributed by atoms with Crippen molar-refractivity contribution in [3.05, 3.63) is 33.4 Å². The van der Waals surface area contributed by atoms with Crippen LogP contribution in [-0.4, -0.2) is 28.3 Å². The number of rotatable bonds is 4. The summed E-state index contributed by atoms with van der Waals surface area (Å²) in [5.74, 6) is 0.0997. The molecule has 0 aromatic carbocycles. The quantitative estimate of drug-likeness (QED) is 0.861. The van der Waals surface area contributed by atoms with Crippen LogP contribution in [0.15, 0.2) is 12.1 Å². The molecule has 2 rings (SSSR count). The normalized spacial score (nSPS) is 10.3. The van der Waals surface area contributed by atoms with E-state index in [9.17, 15) is 4.79 Å². The molecule has 0 bridgehead atoms. The molecule has 0 fully saturated rings. The maximum atomic E-state index is 11.2. The summed E-state index contributed by atoms with van der Waals surface area (Å²) in [5.41, 5.74) is 1.19. The van der Waals surface area contributed by atoms with Gasteiger partial charge in [0.25, 0.3) is 0 Å². The van der Waals surface area contributed by atoms with Crippen molar-refractivity contribution in [2.45, 2.75) is 20.4 Å². The Balaban J connectivity index is 2.00. The molecule has 1 N–H and O–H groups in total. The molecule has 7 heteroatoms. The molecule has 6 nitrogen and oxygen atoms in total. The number of carbonyl (C=O) groups excluding carboxylic acids is 1. The molecular weight excluding hydrogens is 264 g/mol. The van der Waals surface area contributed by atoms with Crippen molar-refractivity contribution in [3.63, 3.8) is 0 Å². The van der Waals surface area contributed by atoms with Crippen molar-refractivity contribution in [3.8, 4) is 0 Å². The van der Waals surface area contributed by atoms with Gasteiger partial charge in [-0.3, -0.25) is 0 Å². The van der Waals surface area contributed by atoms with E-state index >= 15 is 0 Å². The second kappa shape index (κ2) is 5.75. The molecule has 0 aliphatic carbocycles. The highest BCUT2D eigenvalue weighted by Gasteiger charge is 2.08. The highest BCUT2D eigenvalue weighted by atomic mass is 32.1. The first-order valence-electron chi connectivity index (χ1n) is 5.69. The average molecular weight is 278 g/mol. The summed E-state index contributed by atoms with van der Waals surface area (Å²) >= 11 is 1.67. The van der Waals surface area contributed by atoms with Gasteiger partial charge in [0.1, 0.15) is 5.82 Å². The van der Waals surface area contributed by atoms with Crippen LogP contribution in [0.1, 0.15) is 26.1 Å². The number of carbonyl (C=O) groups is 1. The van der Waals surface area contributed by atoms with Crippen molar-refractivity contribution >= 4 is 23.1 Å². The number of aryl methyl sites for hydroxylation is 2. The van der Waals surface area contributed by atoms with E-state index in [-0.39, 0.29) is 5.69 Å². The Labute approximate surface area is 114 Å². The van der Waals surface area contributed by atoms with Crippen molar-refractivity contribution in [2.24, 2.45) is 0 Å². The van der Waals surface area contributed by atoms with Gasteiger partial charge in [-0.05, 0) is 26.0 Å². The molecule has 0 saturated carbocycles. The van der Waals surface area contributed by atoms with E-state index in [1.165, 1.54) is 12.0 Å². The number of anilines is 1. The van der Waals surface area contributed by atoms with Gasteiger partial charge in [-0.2, -0.15) is 0 Å². The largest absolute Gasteiger partial charge is 0.464 e. The number of nitrogens with zero attached hydrogens (tertiary/aromatic N) is 3. The SMILES string of the molecule is COC(=O)c1ccc(NCc2nc(C)sc2C)nn1. The van der Waals surface area contributed by atoms with Crippen LogP contribution < -0.4 is 5.32 Å². The van der Waals surface area contributed by atoms with E-state index in [4.69, 9.17) is 0 Å². The smallest absolute Gasteiger partial charge is 0.358 e. The Bertz CT molecular complexity index is 580. The summed E-state index contributed by atoms with van der Waals surface area (Å²) in [4.78, 5) is 16.8. The highest BCUT2D eigenvalue weighted by Crippen LogP contribution is 2.17. The number of hydrogen-bond donors (Lipinski definition) is 1. The van der Waals surface area contributed by atoms with Crippen molar-refractivity contribution in [1.29, 1.82) is 0 Å². The molecule has 0 aliphatic rings. The maximum absolute atomic E-state index is 11.2. The molecule has 2 aromatic heterocycles. The molecule has 0 amide bonds. The van der Waals surface area contributed by atoms with Crippen molar-refractivity contribution < 1.29 is 9.53 Å². The van der Waals surface area contributed by atoms with Gasteiger partial charge in [-0.1, -0.05) is 0 Å². The van der Waals surface area contributed by atoms with Crippen LogP contribution in [0.5, 0.6) is 0 Å². The van der Waals surface area contributed by atoms with Gasteiger partial charge < -0.3 is 10.1 Å². The Hall–Kier alpha value is -2.02. The van der Waals surface area contributed by atoms with Gasteiger partial charge in [-0.25, -0.2) is 9.78 Å². The lowest BCUT2D eigenvalue weighted by molar-refractivity contribution is 0.0593. The third-order valence-corrected chi connectivity index (χ3v) is 3.42. The lowest BCUT2D eigenvalue weighted by Gasteiger charge is -2.04. The first-order chi connectivity index (χ1) is 9.10. The Morgan fingerprint density at radius 2 is 2.16 bits per heavy atom. The van der Waals surface area contributed by atoms with Crippen LogP contribution in [0.2, 0.25) is 0 Å². The number of hydrogen-bond acceptors (Lipinski definition) is 7. The predicted molar refractivity (Wildman–Crippen MR) is 72.3 cm³/mol. The van der Waals surface area contributed by atoms with Gasteiger partial charge in [0.05, 0.1) is 24.4 Å². The highest BCUT2D eigenvalue weighted by molar-refractivity contribution is 7.11. The third kappa shape index (κ3) is 3.25. The average Bonchev–Trinajstić information content (AvgIpc) is 2.74. The van der Waals surface area contributed by atoms with Crippen LogP contribution in [-0.2, 0) is 11.3 Å². The van der Waals surface area contributed by atoms with Gasteiger partial charge in [0.15, 0.2) is 5.69 Å². The zero-order valence-corrected chi connectivity index (χ0v) is 11.7. The number of aromatic nitrogens is 3. The Kier molecular flexibility index (Phi) is 4.06. The molecule has 0 atom stereocenters. The van der Waals surface area contributed by atoms with Crippen LogP contribution in [0.4, 0.5) is 5.82 Å². The van der Waals surface area contributed by atoms with E-state index in [1.54, 1.807) is 23.5 Å². The Morgan fingerprint density at radius 3 is 2.68 bits per heavy atom. The Morgan fingerprint density at radius 1 is 1.37 bits per heavy atom. The van der Waals surface area contributed by atoms with E-state index in [1.807, 2.05) is 13.8 Å². The van der Waals surface area contributed by atoms with Gasteiger partial charge in [0.2, 0.25) is 0 Å². The lowest BCUT2D eigenvalue weighted by atomic mass is 10.3. The van der Waals surface area contributed by atoms with E-state index < -0.39 is 5.97 Å². The number of esters is 1. The molecule has 2 aromatic rings.